The molecule has 0 aromatic heterocycles. The zero-order chi connectivity index (χ0) is 20.5. The van der Waals surface area contributed by atoms with Crippen LogP contribution in [0, 0.1) is 0 Å². The quantitative estimate of drug-likeness (QED) is 0.785. The largest absolute Gasteiger partial charge is 0.496 e. The van der Waals surface area contributed by atoms with Gasteiger partial charge in [0.15, 0.2) is 0 Å². The second-order valence-electron chi connectivity index (χ2n) is 6.63. The molecule has 0 amide bonds. The van der Waals surface area contributed by atoms with Crippen LogP contribution in [0.25, 0.3) is 0 Å². The van der Waals surface area contributed by atoms with E-state index in [-0.39, 0.29) is 16.6 Å². The minimum Gasteiger partial charge on any atom is -0.496 e. The number of benzene rings is 2. The third kappa shape index (κ3) is 4.10. The van der Waals surface area contributed by atoms with Crippen LogP contribution in [0.2, 0.25) is 0 Å². The van der Waals surface area contributed by atoms with Gasteiger partial charge in [-0.05, 0) is 68.3 Å². The maximum atomic E-state index is 12.9. The molecule has 0 saturated carbocycles. The van der Waals surface area contributed by atoms with Crippen LogP contribution >= 0.6 is 0 Å². The highest BCUT2D eigenvalue weighted by Crippen LogP contribution is 2.35. The Morgan fingerprint density at radius 3 is 2.32 bits per heavy atom. The van der Waals surface area contributed by atoms with E-state index in [9.17, 15) is 21.6 Å². The van der Waals surface area contributed by atoms with Gasteiger partial charge in [-0.25, -0.2) is 8.42 Å². The molecule has 0 bridgehead atoms. The van der Waals surface area contributed by atoms with E-state index >= 15 is 0 Å². The van der Waals surface area contributed by atoms with Gasteiger partial charge in [-0.15, -0.1) is 0 Å². The molecule has 1 atom stereocenters. The molecule has 152 valence electrons. The first-order valence-corrected chi connectivity index (χ1v) is 10.2. The fourth-order valence-electron chi connectivity index (χ4n) is 3.44. The van der Waals surface area contributed by atoms with Gasteiger partial charge in [0.05, 0.1) is 17.6 Å². The third-order valence-electron chi connectivity index (χ3n) is 4.92. The molecule has 0 unspecified atom stereocenters. The second kappa shape index (κ2) is 7.63. The summed E-state index contributed by atoms with van der Waals surface area (Å²) in [4.78, 5) is 0.123. The highest BCUT2D eigenvalue weighted by atomic mass is 32.2. The molecule has 0 fully saturated rings. The van der Waals surface area contributed by atoms with Crippen LogP contribution < -0.4 is 14.8 Å². The Bertz CT molecular complexity index is 958. The van der Waals surface area contributed by atoms with E-state index in [1.165, 1.54) is 13.2 Å². The van der Waals surface area contributed by atoms with Gasteiger partial charge in [0.2, 0.25) is 0 Å². The zero-order valence-electron chi connectivity index (χ0n) is 15.4. The first kappa shape index (κ1) is 20.5. The SMILES string of the molecule is CN[C@H]1CCc2c(S(=O)(=O)Nc3ccc(C(F)(F)F)cc3)ccc(OC)c2C1. The van der Waals surface area contributed by atoms with Crippen molar-refractivity contribution in [1.29, 1.82) is 0 Å². The van der Waals surface area contributed by atoms with Crippen molar-refractivity contribution >= 4 is 15.7 Å². The Balaban J connectivity index is 1.94. The minimum absolute atomic E-state index is 0.0708. The molecule has 0 aliphatic heterocycles. The predicted octanol–water partition coefficient (Wildman–Crippen LogP) is 3.59. The number of alkyl halides is 3. The molecule has 2 aromatic rings. The molecular weight excluding hydrogens is 393 g/mol. The smallest absolute Gasteiger partial charge is 0.416 e. The fourth-order valence-corrected chi connectivity index (χ4v) is 4.79. The Hall–Kier alpha value is -2.26. The van der Waals surface area contributed by atoms with Crippen molar-refractivity contribution in [3.05, 3.63) is 53.1 Å². The van der Waals surface area contributed by atoms with Gasteiger partial charge in [-0.3, -0.25) is 4.72 Å². The van der Waals surface area contributed by atoms with Gasteiger partial charge in [0.1, 0.15) is 5.75 Å². The number of anilines is 1. The summed E-state index contributed by atoms with van der Waals surface area (Å²) in [7, 11) is -0.569. The van der Waals surface area contributed by atoms with Gasteiger partial charge in [-0.1, -0.05) is 0 Å². The number of nitrogens with one attached hydrogen (secondary N) is 2. The standard InChI is InChI=1S/C19H21F3N2O3S/c1-23-14-7-8-15-16(11-14)17(27-2)9-10-18(15)28(25,26)24-13-5-3-12(4-6-13)19(20,21)22/h3-6,9-10,14,23-24H,7-8,11H2,1-2H3/t14-/m0/s1. The first-order valence-electron chi connectivity index (χ1n) is 8.72. The van der Waals surface area contributed by atoms with E-state index in [1.807, 2.05) is 7.05 Å². The van der Waals surface area contributed by atoms with Gasteiger partial charge in [0.25, 0.3) is 10.0 Å². The monoisotopic (exact) mass is 414 g/mol. The van der Waals surface area contributed by atoms with E-state index in [1.54, 1.807) is 6.07 Å². The number of fused-ring (bicyclic) bond motifs is 1. The van der Waals surface area contributed by atoms with Crippen LogP contribution in [-0.2, 0) is 29.0 Å². The van der Waals surface area contributed by atoms with E-state index < -0.39 is 21.8 Å². The van der Waals surface area contributed by atoms with Gasteiger partial charge in [0, 0.05) is 17.3 Å². The van der Waals surface area contributed by atoms with Crippen molar-refractivity contribution in [3.8, 4) is 5.75 Å². The summed E-state index contributed by atoms with van der Waals surface area (Å²) in [5.41, 5.74) is 0.755. The lowest BCUT2D eigenvalue weighted by Crippen LogP contribution is -2.32. The first-order chi connectivity index (χ1) is 13.2. The molecule has 1 aliphatic carbocycles. The molecular formula is C19H21F3N2O3S. The lowest BCUT2D eigenvalue weighted by Gasteiger charge is -2.27. The average molecular weight is 414 g/mol. The van der Waals surface area contributed by atoms with Crippen LogP contribution in [0.5, 0.6) is 5.75 Å². The molecule has 2 aromatic carbocycles. The van der Waals surface area contributed by atoms with Gasteiger partial charge >= 0.3 is 6.18 Å². The summed E-state index contributed by atoms with van der Waals surface area (Å²) >= 11 is 0. The molecule has 3 rings (SSSR count). The van der Waals surface area contributed by atoms with Crippen molar-refractivity contribution in [2.75, 3.05) is 18.9 Å². The summed E-state index contributed by atoms with van der Waals surface area (Å²) in [5.74, 6) is 0.628. The number of hydrogen-bond acceptors (Lipinski definition) is 4. The molecule has 5 nitrogen and oxygen atoms in total. The topological polar surface area (TPSA) is 67.4 Å². The molecule has 9 heteroatoms. The minimum atomic E-state index is -4.48. The lowest BCUT2D eigenvalue weighted by atomic mass is 9.87. The van der Waals surface area contributed by atoms with E-state index in [0.29, 0.717) is 24.2 Å². The maximum absolute atomic E-state index is 12.9. The molecule has 0 spiro atoms. The number of hydrogen-bond donors (Lipinski definition) is 2. The summed E-state index contributed by atoms with van der Waals surface area (Å²) in [5, 5.41) is 3.20. The number of sulfonamides is 1. The molecule has 1 aliphatic rings. The van der Waals surface area contributed by atoms with Crippen molar-refractivity contribution in [2.24, 2.45) is 0 Å². The molecule has 0 saturated heterocycles. The van der Waals surface area contributed by atoms with Crippen LogP contribution in [0.15, 0.2) is 41.3 Å². The van der Waals surface area contributed by atoms with Crippen molar-refractivity contribution in [1.82, 2.24) is 5.32 Å². The van der Waals surface area contributed by atoms with Crippen LogP contribution in [0.3, 0.4) is 0 Å². The van der Waals surface area contributed by atoms with E-state index in [4.69, 9.17) is 4.74 Å². The van der Waals surface area contributed by atoms with Crippen LogP contribution in [0.4, 0.5) is 18.9 Å². The van der Waals surface area contributed by atoms with Crippen molar-refractivity contribution in [3.63, 3.8) is 0 Å². The fraction of sp³-hybridized carbons (Fsp3) is 0.368. The number of halogens is 3. The summed E-state index contributed by atoms with van der Waals surface area (Å²) in [6.07, 6.45) is -2.50. The number of methoxy groups -OCH3 is 1. The Kier molecular flexibility index (Phi) is 5.58. The normalized spacial score (nSPS) is 17.1. The highest BCUT2D eigenvalue weighted by Gasteiger charge is 2.31. The van der Waals surface area contributed by atoms with E-state index in [2.05, 4.69) is 10.0 Å². The zero-order valence-corrected chi connectivity index (χ0v) is 16.2. The predicted molar refractivity (Wildman–Crippen MR) is 100 cm³/mol. The molecule has 28 heavy (non-hydrogen) atoms. The van der Waals surface area contributed by atoms with Crippen LogP contribution in [0.1, 0.15) is 23.1 Å². The second-order valence-corrected chi connectivity index (χ2v) is 8.28. The third-order valence-corrected chi connectivity index (χ3v) is 6.39. The van der Waals surface area contributed by atoms with E-state index in [0.717, 1.165) is 36.2 Å². The number of likely N-dealkylation sites (N-methyl/N-ethyl adjacent to an activating group) is 1. The van der Waals surface area contributed by atoms with Gasteiger partial charge < -0.3 is 10.1 Å². The highest BCUT2D eigenvalue weighted by molar-refractivity contribution is 7.92. The summed E-state index contributed by atoms with van der Waals surface area (Å²) < 4.78 is 71.7. The van der Waals surface area contributed by atoms with Crippen molar-refractivity contribution in [2.45, 2.75) is 36.4 Å². The van der Waals surface area contributed by atoms with Gasteiger partial charge in [-0.2, -0.15) is 13.2 Å². The lowest BCUT2D eigenvalue weighted by molar-refractivity contribution is -0.137. The maximum Gasteiger partial charge on any atom is 0.416 e. The number of ether oxygens (including phenoxy) is 1. The summed E-state index contributed by atoms with van der Waals surface area (Å²) in [6, 6.07) is 7.21. The molecule has 2 N–H and O–H groups in total. The average Bonchev–Trinajstić information content (AvgIpc) is 2.65. The Morgan fingerprint density at radius 2 is 1.75 bits per heavy atom. The molecule has 0 radical (unpaired) electrons. The van der Waals surface area contributed by atoms with Crippen LogP contribution in [-0.4, -0.2) is 28.6 Å². The summed E-state index contributed by atoms with van der Waals surface area (Å²) in [6.45, 7) is 0. The Labute approximate surface area is 162 Å². The van der Waals surface area contributed by atoms with Crippen molar-refractivity contribution < 1.29 is 26.3 Å². The number of rotatable bonds is 5. The Morgan fingerprint density at radius 1 is 1.07 bits per heavy atom. The molecule has 0 heterocycles.